The Hall–Kier alpha value is -1.57. The number of hydrogen-bond donors (Lipinski definition) is 0. The van der Waals surface area contributed by atoms with E-state index in [2.05, 4.69) is 24.1 Å². The van der Waals surface area contributed by atoms with Crippen LogP contribution in [0.25, 0.3) is 0 Å². The molecule has 6 nitrogen and oxygen atoms in total. The molecule has 0 aliphatic heterocycles. The smallest absolute Gasteiger partial charge is 0.397 e. The van der Waals surface area contributed by atoms with Gasteiger partial charge in [-0.15, -0.1) is 0 Å². The third kappa shape index (κ3) is 4.85. The highest BCUT2D eigenvalue weighted by Crippen LogP contribution is 2.01. The molecule has 17 heavy (non-hydrogen) atoms. The van der Waals surface area contributed by atoms with E-state index in [4.69, 9.17) is 0 Å². The van der Waals surface area contributed by atoms with E-state index in [-0.39, 0.29) is 31.3 Å². The molecule has 0 aromatic carbocycles. The van der Waals surface area contributed by atoms with Crippen molar-refractivity contribution < 1.29 is 27.6 Å². The minimum absolute atomic E-state index is 0.0339. The molecule has 0 unspecified atom stereocenters. The molecule has 1 aromatic heterocycles. The van der Waals surface area contributed by atoms with Crippen LogP contribution in [0.2, 0.25) is 0 Å². The summed E-state index contributed by atoms with van der Waals surface area (Å²) < 4.78 is 37.3. The number of nitrogens with zero attached hydrogens (tertiary/aromatic N) is 2. The van der Waals surface area contributed by atoms with Gasteiger partial charge in [0.2, 0.25) is 0 Å². The first-order valence-electron chi connectivity index (χ1n) is 4.99. The normalized spacial score (nSPS) is 10.8. The molecular formula is C9H12F2N2O4. The zero-order valence-electron chi connectivity index (χ0n) is 9.19. The second kappa shape index (κ2) is 6.89. The van der Waals surface area contributed by atoms with Crippen LogP contribution in [0, 0.1) is 0 Å². The number of esters is 1. The van der Waals surface area contributed by atoms with Crippen LogP contribution in [0.4, 0.5) is 8.78 Å². The van der Waals surface area contributed by atoms with Crippen molar-refractivity contribution in [3.8, 4) is 0 Å². The van der Waals surface area contributed by atoms with Gasteiger partial charge in [-0.2, -0.15) is 4.98 Å². The van der Waals surface area contributed by atoms with Gasteiger partial charge in [0.25, 0.3) is 6.43 Å². The van der Waals surface area contributed by atoms with E-state index in [0.29, 0.717) is 0 Å². The quantitative estimate of drug-likeness (QED) is 0.532. The van der Waals surface area contributed by atoms with Crippen LogP contribution in [0.5, 0.6) is 0 Å². The van der Waals surface area contributed by atoms with Gasteiger partial charge >= 0.3 is 11.9 Å². The summed E-state index contributed by atoms with van der Waals surface area (Å²) in [7, 11) is 0. The maximum atomic E-state index is 11.7. The fourth-order valence-corrected chi connectivity index (χ4v) is 0.967. The molecule has 0 saturated heterocycles. The van der Waals surface area contributed by atoms with E-state index in [0.717, 1.165) is 0 Å². The first-order valence-corrected chi connectivity index (χ1v) is 4.99. The maximum Gasteiger partial charge on any atom is 0.397 e. The van der Waals surface area contributed by atoms with Gasteiger partial charge in [-0.1, -0.05) is 5.16 Å². The average Bonchev–Trinajstić information content (AvgIpc) is 2.73. The Balaban J connectivity index is 2.33. The van der Waals surface area contributed by atoms with E-state index in [9.17, 15) is 13.6 Å². The van der Waals surface area contributed by atoms with E-state index < -0.39 is 19.0 Å². The largest absolute Gasteiger partial charge is 0.459 e. The van der Waals surface area contributed by atoms with E-state index in [1.807, 2.05) is 0 Å². The summed E-state index contributed by atoms with van der Waals surface area (Å²) in [6.07, 6.45) is -2.31. The van der Waals surface area contributed by atoms with E-state index in [1.54, 1.807) is 6.92 Å². The van der Waals surface area contributed by atoms with Crippen molar-refractivity contribution in [1.82, 2.24) is 10.1 Å². The second-order valence-corrected chi connectivity index (χ2v) is 2.95. The van der Waals surface area contributed by atoms with Gasteiger partial charge in [0.05, 0.1) is 13.2 Å². The number of aromatic nitrogens is 2. The highest BCUT2D eigenvalue weighted by Gasteiger charge is 2.15. The Morgan fingerprint density at radius 3 is 2.94 bits per heavy atom. The van der Waals surface area contributed by atoms with Crippen molar-refractivity contribution in [3.05, 3.63) is 11.7 Å². The van der Waals surface area contributed by atoms with Gasteiger partial charge in [0.15, 0.2) is 5.82 Å². The molecule has 0 atom stereocenters. The summed E-state index contributed by atoms with van der Waals surface area (Å²) >= 11 is 0. The number of rotatable bonds is 7. The van der Waals surface area contributed by atoms with Crippen LogP contribution in [0.15, 0.2) is 4.52 Å². The SMILES string of the molecule is CCOC(=O)c1nc(CCOCC(F)F)no1. The number of halogens is 2. The second-order valence-electron chi connectivity index (χ2n) is 2.95. The van der Waals surface area contributed by atoms with Crippen LogP contribution in [-0.2, 0) is 15.9 Å². The molecule has 0 spiro atoms. The molecule has 0 amide bonds. The summed E-state index contributed by atoms with van der Waals surface area (Å²) in [5.41, 5.74) is 0. The molecule has 0 bridgehead atoms. The third-order valence-corrected chi connectivity index (χ3v) is 1.63. The first-order chi connectivity index (χ1) is 8.13. The summed E-state index contributed by atoms with van der Waals surface area (Å²) in [4.78, 5) is 14.9. The highest BCUT2D eigenvalue weighted by molar-refractivity contribution is 5.83. The topological polar surface area (TPSA) is 74.5 Å². The number of hydrogen-bond acceptors (Lipinski definition) is 6. The summed E-state index contributed by atoms with van der Waals surface area (Å²) in [5, 5.41) is 3.48. The van der Waals surface area contributed by atoms with Gasteiger partial charge in [-0.05, 0) is 6.92 Å². The number of ether oxygens (including phenoxy) is 2. The Bertz CT molecular complexity index is 357. The van der Waals surface area contributed by atoms with Gasteiger partial charge in [0, 0.05) is 6.42 Å². The van der Waals surface area contributed by atoms with Crippen LogP contribution in [0.1, 0.15) is 23.4 Å². The standard InChI is InChI=1S/C9H12F2N2O4/c1-2-16-9(14)8-12-7(13-17-8)3-4-15-5-6(10)11/h6H,2-5H2,1H3. The lowest BCUT2D eigenvalue weighted by Gasteiger charge is -1.99. The predicted molar refractivity (Wildman–Crippen MR) is 50.8 cm³/mol. The van der Waals surface area contributed by atoms with Crippen LogP contribution >= 0.6 is 0 Å². The Morgan fingerprint density at radius 2 is 2.29 bits per heavy atom. The molecule has 0 N–H and O–H groups in total. The van der Waals surface area contributed by atoms with Crippen LogP contribution in [-0.4, -0.2) is 42.4 Å². The zero-order valence-corrected chi connectivity index (χ0v) is 9.19. The van der Waals surface area contributed by atoms with Crippen molar-refractivity contribution in [1.29, 1.82) is 0 Å². The molecule has 1 aromatic rings. The number of carbonyl (C=O) groups is 1. The summed E-state index contributed by atoms with van der Waals surface area (Å²) in [6.45, 7) is 1.25. The van der Waals surface area contributed by atoms with Gasteiger partial charge in [-0.25, -0.2) is 13.6 Å². The molecule has 0 saturated carbocycles. The molecular weight excluding hydrogens is 238 g/mol. The minimum atomic E-state index is -2.50. The molecule has 0 radical (unpaired) electrons. The highest BCUT2D eigenvalue weighted by atomic mass is 19.3. The van der Waals surface area contributed by atoms with Crippen molar-refractivity contribution in [2.24, 2.45) is 0 Å². The summed E-state index contributed by atoms with van der Waals surface area (Å²) in [6, 6.07) is 0. The van der Waals surface area contributed by atoms with E-state index in [1.165, 1.54) is 0 Å². The molecule has 0 aliphatic rings. The van der Waals surface area contributed by atoms with Gasteiger partial charge in [0.1, 0.15) is 6.61 Å². The zero-order chi connectivity index (χ0) is 12.7. The lowest BCUT2D eigenvalue weighted by atomic mass is 10.4. The Kier molecular flexibility index (Phi) is 5.47. The predicted octanol–water partition coefficient (Wildman–Crippen LogP) is 1.07. The number of carbonyl (C=O) groups excluding carboxylic acids is 1. The van der Waals surface area contributed by atoms with Crippen LogP contribution < -0.4 is 0 Å². The molecule has 96 valence electrons. The first kappa shape index (κ1) is 13.5. The van der Waals surface area contributed by atoms with Crippen molar-refractivity contribution in [2.75, 3.05) is 19.8 Å². The Labute approximate surface area is 95.9 Å². The lowest BCUT2D eigenvalue weighted by Crippen LogP contribution is -2.08. The molecule has 0 aliphatic carbocycles. The van der Waals surface area contributed by atoms with E-state index >= 15 is 0 Å². The number of alkyl halides is 2. The van der Waals surface area contributed by atoms with Gasteiger partial charge in [-0.3, -0.25) is 0 Å². The third-order valence-electron chi connectivity index (χ3n) is 1.63. The molecule has 8 heteroatoms. The van der Waals surface area contributed by atoms with Crippen molar-refractivity contribution in [2.45, 2.75) is 19.8 Å². The van der Waals surface area contributed by atoms with Gasteiger partial charge < -0.3 is 14.0 Å². The average molecular weight is 250 g/mol. The molecule has 1 rings (SSSR count). The monoisotopic (exact) mass is 250 g/mol. The minimum Gasteiger partial charge on any atom is -0.459 e. The van der Waals surface area contributed by atoms with Crippen molar-refractivity contribution in [3.63, 3.8) is 0 Å². The molecule has 1 heterocycles. The maximum absolute atomic E-state index is 11.7. The van der Waals surface area contributed by atoms with Crippen LogP contribution in [0.3, 0.4) is 0 Å². The fraction of sp³-hybridized carbons (Fsp3) is 0.667. The lowest BCUT2D eigenvalue weighted by molar-refractivity contribution is 0.0182. The fourth-order valence-electron chi connectivity index (χ4n) is 0.967. The molecule has 0 fully saturated rings. The van der Waals surface area contributed by atoms with Crippen molar-refractivity contribution >= 4 is 5.97 Å². The summed E-state index contributed by atoms with van der Waals surface area (Å²) in [5.74, 6) is -0.752. The Morgan fingerprint density at radius 1 is 1.53 bits per heavy atom.